The number of carbonyl (C=O) groups is 1. The quantitative estimate of drug-likeness (QED) is 0.397. The number of carbonyl (C=O) groups excluding carboxylic acids is 1. The van der Waals surface area contributed by atoms with Crippen molar-refractivity contribution >= 4 is 45.7 Å². The molecule has 1 aromatic heterocycles. The highest BCUT2D eigenvalue weighted by atomic mass is 35.5. The van der Waals surface area contributed by atoms with Crippen molar-refractivity contribution in [1.82, 2.24) is 4.57 Å². The number of amides is 1. The molecule has 1 aliphatic heterocycles. The van der Waals surface area contributed by atoms with Gasteiger partial charge in [0.05, 0.1) is 5.69 Å². The molecule has 142 valence electrons. The van der Waals surface area contributed by atoms with Gasteiger partial charge in [0.25, 0.3) is 5.91 Å². The number of aromatic nitrogens is 1. The largest absolute Gasteiger partial charge is 0.342 e. The number of nitrogens with zero attached hydrogens (tertiary/aromatic N) is 2. The zero-order valence-electron chi connectivity index (χ0n) is 16.0. The second kappa shape index (κ2) is 6.94. The van der Waals surface area contributed by atoms with E-state index in [0.29, 0.717) is 0 Å². The van der Waals surface area contributed by atoms with Gasteiger partial charge in [-0.2, -0.15) is 0 Å². The summed E-state index contributed by atoms with van der Waals surface area (Å²) >= 11 is 6.03. The third-order valence-electron chi connectivity index (χ3n) is 5.48. The summed E-state index contributed by atoms with van der Waals surface area (Å²) in [6.07, 6.45) is 4.14. The molecular weight excluding hydrogens is 380 g/mol. The molecule has 3 aromatic carbocycles. The smallest absolute Gasteiger partial charge is 0.258 e. The number of para-hydroxylation sites is 2. The highest BCUT2D eigenvalue weighted by Gasteiger charge is 2.29. The Morgan fingerprint density at radius 1 is 0.931 bits per heavy atom. The molecule has 0 spiro atoms. The number of fused-ring (bicyclic) bond motifs is 2. The van der Waals surface area contributed by atoms with E-state index in [1.807, 2.05) is 73.8 Å². The van der Waals surface area contributed by atoms with Gasteiger partial charge in [-0.25, -0.2) is 0 Å². The monoisotopic (exact) mass is 398 g/mol. The average molecular weight is 399 g/mol. The molecule has 0 atom stereocenters. The summed E-state index contributed by atoms with van der Waals surface area (Å²) in [5, 5.41) is 1.87. The zero-order chi connectivity index (χ0) is 20.0. The molecule has 0 N–H and O–H groups in total. The van der Waals surface area contributed by atoms with Crippen molar-refractivity contribution in [3.63, 3.8) is 0 Å². The van der Waals surface area contributed by atoms with E-state index in [1.165, 1.54) is 5.56 Å². The van der Waals surface area contributed by atoms with Gasteiger partial charge in [-0.3, -0.25) is 4.79 Å². The molecule has 2 heterocycles. The molecule has 0 unspecified atom stereocenters. The molecule has 1 aliphatic rings. The fourth-order valence-corrected chi connectivity index (χ4v) is 4.13. The van der Waals surface area contributed by atoms with Crippen LogP contribution < -0.4 is 4.90 Å². The molecule has 4 aromatic rings. The van der Waals surface area contributed by atoms with E-state index >= 15 is 0 Å². The van der Waals surface area contributed by atoms with Crippen LogP contribution in [0.4, 0.5) is 5.69 Å². The number of hydrogen-bond donors (Lipinski definition) is 0. The highest BCUT2D eigenvalue weighted by Crippen LogP contribution is 2.37. The van der Waals surface area contributed by atoms with Crippen molar-refractivity contribution in [3.8, 4) is 0 Å². The Balaban J connectivity index is 1.62. The minimum atomic E-state index is 0.0285. The number of likely N-dealkylation sites (N-methyl/N-ethyl adjacent to an activating group) is 1. The Kier molecular flexibility index (Phi) is 4.26. The van der Waals surface area contributed by atoms with Crippen LogP contribution in [-0.4, -0.2) is 17.5 Å². The van der Waals surface area contributed by atoms with Crippen molar-refractivity contribution in [2.75, 3.05) is 11.9 Å². The number of rotatable bonds is 3. The molecular formula is C25H19ClN2O. The van der Waals surface area contributed by atoms with E-state index < -0.39 is 0 Å². The lowest BCUT2D eigenvalue weighted by molar-refractivity contribution is -0.112. The maximum Gasteiger partial charge on any atom is 0.258 e. The Bertz CT molecular complexity index is 1270. The minimum absolute atomic E-state index is 0.0285. The molecule has 1 amide bonds. The van der Waals surface area contributed by atoms with Crippen molar-refractivity contribution in [2.24, 2.45) is 0 Å². The summed E-state index contributed by atoms with van der Waals surface area (Å²) < 4.78 is 2.22. The van der Waals surface area contributed by atoms with Crippen LogP contribution >= 0.6 is 11.6 Å². The van der Waals surface area contributed by atoms with Gasteiger partial charge < -0.3 is 9.47 Å². The minimum Gasteiger partial charge on any atom is -0.342 e. The van der Waals surface area contributed by atoms with Crippen LogP contribution in [0.1, 0.15) is 16.7 Å². The first-order valence-corrected chi connectivity index (χ1v) is 9.91. The van der Waals surface area contributed by atoms with Gasteiger partial charge >= 0.3 is 0 Å². The van der Waals surface area contributed by atoms with Gasteiger partial charge in [-0.15, -0.1) is 0 Å². The second-order valence-electron chi connectivity index (χ2n) is 7.30. The van der Waals surface area contributed by atoms with E-state index in [9.17, 15) is 4.79 Å². The van der Waals surface area contributed by atoms with Crippen LogP contribution in [0, 0.1) is 0 Å². The summed E-state index contributed by atoms with van der Waals surface area (Å²) in [7, 11) is 1.83. The predicted molar refractivity (Wildman–Crippen MR) is 120 cm³/mol. The second-order valence-corrected chi connectivity index (χ2v) is 7.73. The summed E-state index contributed by atoms with van der Waals surface area (Å²) in [5.41, 5.74) is 6.03. The molecule has 0 radical (unpaired) electrons. The van der Waals surface area contributed by atoms with Crippen molar-refractivity contribution in [2.45, 2.75) is 6.54 Å². The molecule has 3 nitrogen and oxygen atoms in total. The van der Waals surface area contributed by atoms with Crippen LogP contribution in [0.5, 0.6) is 0 Å². The molecule has 0 saturated carbocycles. The first kappa shape index (κ1) is 17.8. The van der Waals surface area contributed by atoms with Gasteiger partial charge in [-0.05, 0) is 35.9 Å². The van der Waals surface area contributed by atoms with E-state index in [2.05, 4.69) is 22.9 Å². The first-order chi connectivity index (χ1) is 14.1. The maximum absolute atomic E-state index is 12.9. The van der Waals surface area contributed by atoms with E-state index in [0.717, 1.165) is 44.9 Å². The fourth-order valence-electron chi connectivity index (χ4n) is 4.00. The van der Waals surface area contributed by atoms with Crippen LogP contribution in [0.3, 0.4) is 0 Å². The normalized spacial score (nSPS) is 14.8. The lowest BCUT2D eigenvalue weighted by atomic mass is 10.0. The van der Waals surface area contributed by atoms with Crippen LogP contribution in [0.2, 0.25) is 5.02 Å². The summed E-state index contributed by atoms with van der Waals surface area (Å²) in [6.45, 7) is 0.741. The number of hydrogen-bond acceptors (Lipinski definition) is 1. The standard InChI is InChI=1S/C25H19ClN2O/c1-27-23-8-4-3-7-21(23)22(25(27)29)14-18-16-28(24-9-5-2-6-20(18)24)15-17-10-12-19(26)13-11-17/h2-14,16H,15H2,1H3/b22-14+. The molecule has 0 saturated heterocycles. The lowest BCUT2D eigenvalue weighted by Crippen LogP contribution is -2.20. The number of benzene rings is 3. The predicted octanol–water partition coefficient (Wildman–Crippen LogP) is 5.86. The Hall–Kier alpha value is -3.30. The average Bonchev–Trinajstić information content (AvgIpc) is 3.21. The first-order valence-electron chi connectivity index (χ1n) is 9.53. The molecule has 0 fully saturated rings. The summed E-state index contributed by atoms with van der Waals surface area (Å²) in [4.78, 5) is 14.6. The summed E-state index contributed by atoms with van der Waals surface area (Å²) in [5.74, 6) is 0.0285. The van der Waals surface area contributed by atoms with Gasteiger partial charge in [0, 0.05) is 52.4 Å². The van der Waals surface area contributed by atoms with Gasteiger partial charge in [-0.1, -0.05) is 60.1 Å². The van der Waals surface area contributed by atoms with E-state index in [1.54, 1.807) is 4.90 Å². The lowest BCUT2D eigenvalue weighted by Gasteiger charge is -2.07. The Morgan fingerprint density at radius 3 is 2.48 bits per heavy atom. The number of halogens is 1. The van der Waals surface area contributed by atoms with Gasteiger partial charge in [0.1, 0.15) is 0 Å². The van der Waals surface area contributed by atoms with Crippen molar-refractivity contribution < 1.29 is 4.79 Å². The topological polar surface area (TPSA) is 25.2 Å². The van der Waals surface area contributed by atoms with Crippen LogP contribution in [0.15, 0.2) is 79.0 Å². The Labute approximate surface area is 174 Å². The third kappa shape index (κ3) is 3.04. The van der Waals surface area contributed by atoms with Crippen LogP contribution in [0.25, 0.3) is 22.6 Å². The van der Waals surface area contributed by atoms with Crippen LogP contribution in [-0.2, 0) is 11.3 Å². The SMILES string of the molecule is CN1C(=O)/C(=C/c2cn(Cc3ccc(Cl)cc3)c3ccccc23)c2ccccc21. The van der Waals surface area contributed by atoms with Crippen molar-refractivity contribution in [3.05, 3.63) is 101 Å². The van der Waals surface area contributed by atoms with Gasteiger partial charge in [0.2, 0.25) is 0 Å². The molecule has 29 heavy (non-hydrogen) atoms. The molecule has 4 heteroatoms. The Morgan fingerprint density at radius 2 is 1.66 bits per heavy atom. The maximum atomic E-state index is 12.9. The third-order valence-corrected chi connectivity index (χ3v) is 5.73. The van der Waals surface area contributed by atoms with Crippen molar-refractivity contribution in [1.29, 1.82) is 0 Å². The fraction of sp³-hybridized carbons (Fsp3) is 0.0800. The molecule has 5 rings (SSSR count). The molecule has 0 aliphatic carbocycles. The number of anilines is 1. The highest BCUT2D eigenvalue weighted by molar-refractivity contribution is 6.36. The van der Waals surface area contributed by atoms with E-state index in [4.69, 9.17) is 11.6 Å². The van der Waals surface area contributed by atoms with Gasteiger partial charge in [0.15, 0.2) is 0 Å². The molecule has 0 bridgehead atoms. The zero-order valence-corrected chi connectivity index (χ0v) is 16.7. The summed E-state index contributed by atoms with van der Waals surface area (Å²) in [6, 6.07) is 24.1. The van der Waals surface area contributed by atoms with E-state index in [-0.39, 0.29) is 5.91 Å².